The topological polar surface area (TPSA) is 63.5 Å². The molecule has 0 spiro atoms. The Morgan fingerprint density at radius 2 is 1.90 bits per heavy atom. The fraction of sp³-hybridized carbons (Fsp3) is 0.483. The molecule has 0 radical (unpaired) electrons. The van der Waals surface area contributed by atoms with Crippen molar-refractivity contribution in [3.8, 4) is 0 Å². The molecule has 0 unspecified atom stereocenters. The number of anilines is 1. The largest absolute Gasteiger partial charge is 0.416 e. The molecule has 2 aromatic carbocycles. The number of aryl methyl sites for hydroxylation is 1. The van der Waals surface area contributed by atoms with Crippen LogP contribution in [0.3, 0.4) is 0 Å². The first-order valence-electron chi connectivity index (χ1n) is 13.5. The monoisotopic (exact) mass is 557 g/mol. The van der Waals surface area contributed by atoms with Crippen molar-refractivity contribution in [3.05, 3.63) is 76.4 Å². The molecular weight excluding hydrogens is 526 g/mol. The number of hydrogen-bond acceptors (Lipinski definition) is 5. The zero-order valence-electron chi connectivity index (χ0n) is 22.4. The molecule has 3 aromatic rings. The van der Waals surface area contributed by atoms with Gasteiger partial charge in [-0.3, -0.25) is 9.69 Å². The third-order valence-electron chi connectivity index (χ3n) is 8.69. The van der Waals surface area contributed by atoms with E-state index in [0.717, 1.165) is 11.4 Å². The van der Waals surface area contributed by atoms with E-state index in [2.05, 4.69) is 10.2 Å². The van der Waals surface area contributed by atoms with Crippen LogP contribution in [0.1, 0.15) is 64.2 Å². The molecule has 3 aliphatic rings. The number of amides is 1. The number of alkyl halides is 4. The molecular formula is C29H31F4N5O2. The number of aromatic nitrogens is 3. The average molecular weight is 558 g/mol. The molecule has 6 rings (SSSR count). The van der Waals surface area contributed by atoms with E-state index < -0.39 is 23.8 Å². The Morgan fingerprint density at radius 1 is 1.15 bits per heavy atom. The highest BCUT2D eigenvalue weighted by atomic mass is 19.4. The number of halogens is 4. The van der Waals surface area contributed by atoms with E-state index in [1.807, 2.05) is 41.6 Å². The maximum Gasteiger partial charge on any atom is 0.416 e. The van der Waals surface area contributed by atoms with E-state index >= 15 is 0 Å². The first-order valence-corrected chi connectivity index (χ1v) is 13.5. The summed E-state index contributed by atoms with van der Waals surface area (Å²) in [5, 5.41) is 8.16. The lowest BCUT2D eigenvalue weighted by Gasteiger charge is -2.42. The van der Waals surface area contributed by atoms with Gasteiger partial charge in [0, 0.05) is 49.3 Å². The van der Waals surface area contributed by atoms with Crippen LogP contribution >= 0.6 is 0 Å². The molecule has 0 aliphatic carbocycles. The smallest absolute Gasteiger partial charge is 0.379 e. The fourth-order valence-corrected chi connectivity index (χ4v) is 6.09. The number of fused-ring (bicyclic) bond motifs is 1. The number of carbonyl (C=O) groups excluding carboxylic acids is 1. The molecule has 1 amide bonds. The number of benzene rings is 2. The second-order valence-electron chi connectivity index (χ2n) is 11.2. The molecule has 7 nitrogen and oxygen atoms in total. The van der Waals surface area contributed by atoms with Crippen LogP contribution in [0.4, 0.5) is 23.2 Å². The summed E-state index contributed by atoms with van der Waals surface area (Å²) in [5.41, 5.74) is 0.803. The highest BCUT2D eigenvalue weighted by molar-refractivity contribution is 6.10. The van der Waals surface area contributed by atoms with Gasteiger partial charge in [-0.15, -0.1) is 10.2 Å². The Labute approximate surface area is 229 Å². The van der Waals surface area contributed by atoms with Crippen molar-refractivity contribution in [3.63, 3.8) is 0 Å². The standard InChI is InChI=1S/C29H31F4N5O2/c1-18(37-8-6-21(30)7-9-37)19-10-23-24(25(11-19)29(31,32)33)14-38(27(23)39)22-5-3-4-20(12-22)28(15-40-16-28)13-26-35-34-17-36(26)2/h3-5,10-12,17-18,21H,6-9,13-16H2,1-2H3/t18-/m0/s1. The third kappa shape index (κ3) is 4.68. The highest BCUT2D eigenvalue weighted by Crippen LogP contribution is 2.43. The van der Waals surface area contributed by atoms with E-state index in [9.17, 15) is 22.4 Å². The van der Waals surface area contributed by atoms with Gasteiger partial charge in [0.2, 0.25) is 0 Å². The van der Waals surface area contributed by atoms with Crippen LogP contribution in [-0.4, -0.2) is 58.0 Å². The minimum absolute atomic E-state index is 0.0119. The molecule has 1 aromatic heterocycles. The molecule has 0 N–H and O–H groups in total. The van der Waals surface area contributed by atoms with Crippen LogP contribution in [0, 0.1) is 0 Å². The van der Waals surface area contributed by atoms with Gasteiger partial charge < -0.3 is 14.2 Å². The van der Waals surface area contributed by atoms with Crippen molar-refractivity contribution in [2.24, 2.45) is 7.05 Å². The number of nitrogens with zero attached hydrogens (tertiary/aromatic N) is 5. The second kappa shape index (κ2) is 9.95. The summed E-state index contributed by atoms with van der Waals surface area (Å²) in [7, 11) is 1.87. The summed E-state index contributed by atoms with van der Waals surface area (Å²) < 4.78 is 64.0. The van der Waals surface area contributed by atoms with Gasteiger partial charge in [-0.1, -0.05) is 12.1 Å². The zero-order valence-corrected chi connectivity index (χ0v) is 22.4. The Bertz CT molecular complexity index is 1430. The predicted octanol–water partition coefficient (Wildman–Crippen LogP) is 5.00. The van der Waals surface area contributed by atoms with Gasteiger partial charge in [0.25, 0.3) is 5.91 Å². The van der Waals surface area contributed by atoms with Crippen molar-refractivity contribution < 1.29 is 27.1 Å². The summed E-state index contributed by atoms with van der Waals surface area (Å²) in [6, 6.07) is 9.80. The Morgan fingerprint density at radius 3 is 2.52 bits per heavy atom. The number of likely N-dealkylation sites (tertiary alicyclic amines) is 1. The van der Waals surface area contributed by atoms with Crippen LogP contribution in [0.2, 0.25) is 0 Å². The lowest BCUT2D eigenvalue weighted by molar-refractivity contribution is -0.138. The molecule has 3 aliphatic heterocycles. The minimum Gasteiger partial charge on any atom is -0.379 e. The van der Waals surface area contributed by atoms with Crippen molar-refractivity contribution in [1.82, 2.24) is 19.7 Å². The summed E-state index contributed by atoms with van der Waals surface area (Å²) in [4.78, 5) is 17.1. The van der Waals surface area contributed by atoms with Crippen molar-refractivity contribution in [2.45, 2.75) is 56.5 Å². The maximum absolute atomic E-state index is 14.3. The molecule has 40 heavy (non-hydrogen) atoms. The van der Waals surface area contributed by atoms with Crippen LogP contribution in [0.15, 0.2) is 42.7 Å². The van der Waals surface area contributed by atoms with Crippen molar-refractivity contribution in [2.75, 3.05) is 31.2 Å². The summed E-state index contributed by atoms with van der Waals surface area (Å²) >= 11 is 0. The number of rotatable bonds is 6. The van der Waals surface area contributed by atoms with Crippen molar-refractivity contribution >= 4 is 11.6 Å². The molecule has 11 heteroatoms. The fourth-order valence-electron chi connectivity index (χ4n) is 6.09. The van der Waals surface area contributed by atoms with Crippen LogP contribution in [0.5, 0.6) is 0 Å². The summed E-state index contributed by atoms with van der Waals surface area (Å²) in [5.74, 6) is 0.340. The predicted molar refractivity (Wildman–Crippen MR) is 140 cm³/mol. The van der Waals surface area contributed by atoms with E-state index in [1.54, 1.807) is 18.5 Å². The number of piperidine rings is 1. The van der Waals surface area contributed by atoms with Crippen LogP contribution in [-0.2, 0) is 36.3 Å². The normalized spacial score (nSPS) is 20.4. The van der Waals surface area contributed by atoms with Crippen LogP contribution in [0.25, 0.3) is 0 Å². The lowest BCUT2D eigenvalue weighted by Crippen LogP contribution is -2.49. The van der Waals surface area contributed by atoms with Gasteiger partial charge in [0.1, 0.15) is 18.3 Å². The van der Waals surface area contributed by atoms with Gasteiger partial charge in [-0.2, -0.15) is 13.2 Å². The van der Waals surface area contributed by atoms with Gasteiger partial charge in [-0.25, -0.2) is 4.39 Å². The minimum atomic E-state index is -4.62. The zero-order chi connectivity index (χ0) is 28.2. The van der Waals surface area contributed by atoms with Crippen molar-refractivity contribution in [1.29, 1.82) is 0 Å². The number of carbonyl (C=O) groups is 1. The molecule has 2 saturated heterocycles. The second-order valence-corrected chi connectivity index (χ2v) is 11.2. The third-order valence-corrected chi connectivity index (χ3v) is 8.69. The molecule has 4 heterocycles. The van der Waals surface area contributed by atoms with Gasteiger partial charge in [0.05, 0.1) is 25.3 Å². The van der Waals surface area contributed by atoms with Crippen LogP contribution < -0.4 is 4.90 Å². The molecule has 2 fully saturated rings. The van der Waals surface area contributed by atoms with E-state index in [0.29, 0.717) is 56.8 Å². The van der Waals surface area contributed by atoms with E-state index in [-0.39, 0.29) is 29.1 Å². The SMILES string of the molecule is C[C@@H](c1cc2c(c(C(F)(F)F)c1)CN(c1cccc(C3(Cc4nncn4C)COC3)c1)C2=O)N1CCC(F)CC1. The lowest BCUT2D eigenvalue weighted by atomic mass is 9.75. The Balaban J connectivity index is 1.32. The maximum atomic E-state index is 14.3. The molecule has 212 valence electrons. The molecule has 0 bridgehead atoms. The summed E-state index contributed by atoms with van der Waals surface area (Å²) in [6.45, 7) is 3.52. The number of ether oxygens (including phenoxy) is 1. The molecule has 0 saturated carbocycles. The first-order chi connectivity index (χ1) is 19.1. The van der Waals surface area contributed by atoms with E-state index in [1.165, 1.54) is 11.0 Å². The van der Waals surface area contributed by atoms with Gasteiger partial charge >= 0.3 is 6.18 Å². The first kappa shape index (κ1) is 26.9. The van der Waals surface area contributed by atoms with Gasteiger partial charge in [-0.05, 0) is 60.7 Å². The number of hydrogen-bond donors (Lipinski definition) is 0. The molecule has 1 atom stereocenters. The Kier molecular flexibility index (Phi) is 6.69. The van der Waals surface area contributed by atoms with E-state index in [4.69, 9.17) is 4.74 Å². The Hall–Kier alpha value is -3.31. The summed E-state index contributed by atoms with van der Waals surface area (Å²) in [6.07, 6.45) is -2.57. The highest BCUT2D eigenvalue weighted by Gasteiger charge is 2.44. The van der Waals surface area contributed by atoms with Gasteiger partial charge in [0.15, 0.2) is 0 Å². The average Bonchev–Trinajstić information content (AvgIpc) is 3.47. The quantitative estimate of drug-likeness (QED) is 0.400.